The molecule has 0 saturated carbocycles. The minimum absolute atomic E-state index is 0. The van der Waals surface area contributed by atoms with E-state index in [0.29, 0.717) is 96.0 Å². The van der Waals surface area contributed by atoms with Crippen LogP contribution in [0.25, 0.3) is 32.7 Å². The van der Waals surface area contributed by atoms with Gasteiger partial charge in [0.25, 0.3) is 17.7 Å². The summed E-state index contributed by atoms with van der Waals surface area (Å²) in [5.41, 5.74) is 17.7. The number of amidine groups is 1. The standard InChI is InChI=1S/C27H27N7O2.C27H26N6O2.C25H23N7O2.3CH4/c1-4-34-24(11-17(3)33-34)27(36)29-20-8-5-18(6-9-20)13-19-7-10-23-21(14-19)22(26(35)30-23)15-28-25-12-16(2)31-32-25;1-3-33-24(13-17(2)32-33)27(35)30-20-9-6-18(7-10-20)14-19-8-11-23-21(15-19)22(26(34)31-23)16-29-25-5-4-12-28-25;1-15-11-22(31-30-15)27-14-20-19-13-17(5-8-21(19)29-24(20)33)12-16-3-6-18(7-4-16)28-25(34)23-26-9-10-32(23)2;;;/h5-12,14-15,30,35H,4,13H2,1-3H3,(H,29,36)(H,31,32);4-11,13,15-16,31,34H,3,12,14H2,1-2H3,(H,30,35);3-11,13-14,29,33H,12H2,1-2H3,(H,28,34)(H,30,31);3*1H4. The molecule has 0 fully saturated rings. The SMILES string of the molecule is C.C.C.CCn1nc(C)cc1C(=O)Nc1ccc(Cc2ccc3[nH]c(O)c(C=NC4=NCC=C4)c3c2)cc1.CCn1nc(C)cc1C(=O)Nc1ccc(Cc2ccc3[nH]c(O)c(C=Nc4cc(C)[nH]n4)c3c2)cc1.Cc1cc(N=Cc2c(O)[nH]c3ccc(Cc4ccc(NC(=O)c5nccn5C)cc4)cc23)n[nH]1. The van der Waals surface area contributed by atoms with Crippen molar-refractivity contribution >= 4 is 104 Å². The Bertz CT molecular complexity index is 5670. The summed E-state index contributed by atoms with van der Waals surface area (Å²) in [5.74, 6) is 1.73. The lowest BCUT2D eigenvalue weighted by Crippen LogP contribution is -2.17. The number of imidazole rings is 1. The minimum Gasteiger partial charge on any atom is -0.494 e. The number of carbonyl (C=O) groups excluding carboxylic acids is 3. The average Bonchev–Trinajstić information content (AvgIpc) is 1.67. The monoisotopic (exact) mass is 1450 g/mol. The summed E-state index contributed by atoms with van der Waals surface area (Å²) in [6, 6.07) is 48.7. The topological polar surface area (TPSA) is 356 Å². The number of aryl methyl sites for hydroxylation is 7. The maximum atomic E-state index is 12.7. The Morgan fingerprint density at radius 1 is 0.491 bits per heavy atom. The lowest BCUT2D eigenvalue weighted by atomic mass is 10.0. The lowest BCUT2D eigenvalue weighted by molar-refractivity contribution is 0.100. The summed E-state index contributed by atoms with van der Waals surface area (Å²) in [4.78, 5) is 68.1. The maximum Gasteiger partial charge on any atom is 0.291 e. The average molecular weight is 1450 g/mol. The zero-order chi connectivity index (χ0) is 73.3. The number of amides is 3. The van der Waals surface area contributed by atoms with E-state index in [1.54, 1.807) is 64.1 Å². The molecular formula is C82H88N20O6. The number of rotatable bonds is 19. The van der Waals surface area contributed by atoms with Gasteiger partial charge in [0.05, 0.1) is 34.6 Å². The van der Waals surface area contributed by atoms with E-state index in [0.717, 1.165) is 100 Å². The summed E-state index contributed by atoms with van der Waals surface area (Å²) >= 11 is 0. The fourth-order valence-electron chi connectivity index (χ4n) is 12.2. The molecule has 108 heavy (non-hydrogen) atoms. The van der Waals surface area contributed by atoms with Crippen molar-refractivity contribution in [1.82, 2.24) is 64.5 Å². The van der Waals surface area contributed by atoms with E-state index in [-0.39, 0.29) is 57.6 Å². The van der Waals surface area contributed by atoms with Gasteiger partial charge in [-0.05, 0) is 185 Å². The first-order valence-corrected chi connectivity index (χ1v) is 34.0. The molecule has 6 aromatic carbocycles. The van der Waals surface area contributed by atoms with Crippen LogP contribution in [0.4, 0.5) is 28.7 Å². The highest BCUT2D eigenvalue weighted by atomic mass is 16.3. The summed E-state index contributed by atoms with van der Waals surface area (Å²) in [5, 5.41) is 65.1. The van der Waals surface area contributed by atoms with Crippen LogP contribution in [0.3, 0.4) is 0 Å². The van der Waals surface area contributed by atoms with Gasteiger partial charge in [0.15, 0.2) is 35.1 Å². The Hall–Kier alpha value is -13.8. The molecule has 3 amide bonds. The van der Waals surface area contributed by atoms with Gasteiger partial charge >= 0.3 is 0 Å². The van der Waals surface area contributed by atoms with Crippen LogP contribution < -0.4 is 16.0 Å². The molecule has 9 heterocycles. The van der Waals surface area contributed by atoms with Crippen LogP contribution in [0.5, 0.6) is 17.6 Å². The summed E-state index contributed by atoms with van der Waals surface area (Å²) in [6.45, 7) is 13.4. The molecule has 26 nitrogen and oxygen atoms in total. The molecule has 11 N–H and O–H groups in total. The number of H-pyrrole nitrogens is 5. The smallest absolute Gasteiger partial charge is 0.291 e. The highest BCUT2D eigenvalue weighted by molar-refractivity contribution is 6.09. The number of nitrogens with zero attached hydrogens (tertiary/aromatic N) is 12. The van der Waals surface area contributed by atoms with Crippen LogP contribution >= 0.6 is 0 Å². The van der Waals surface area contributed by atoms with Crippen molar-refractivity contribution in [3.63, 3.8) is 0 Å². The van der Waals surface area contributed by atoms with Crippen molar-refractivity contribution in [2.24, 2.45) is 27.0 Å². The van der Waals surface area contributed by atoms with Crippen molar-refractivity contribution in [2.45, 2.75) is 96.2 Å². The summed E-state index contributed by atoms with van der Waals surface area (Å²) in [6.07, 6.45) is 14.1. The first kappa shape index (κ1) is 76.8. The van der Waals surface area contributed by atoms with Crippen LogP contribution in [-0.4, -0.2) is 129 Å². The molecule has 14 aromatic rings. The molecule has 0 radical (unpaired) electrons. The predicted molar refractivity (Wildman–Crippen MR) is 430 cm³/mol. The van der Waals surface area contributed by atoms with E-state index >= 15 is 0 Å². The summed E-state index contributed by atoms with van der Waals surface area (Å²) in [7, 11) is 1.78. The second kappa shape index (κ2) is 34.2. The minimum atomic E-state index is -0.253. The number of benzene rings is 6. The number of hydrogen-bond acceptors (Lipinski definition) is 15. The van der Waals surface area contributed by atoms with Crippen molar-refractivity contribution < 1.29 is 29.7 Å². The van der Waals surface area contributed by atoms with Gasteiger partial charge in [0.2, 0.25) is 0 Å². The van der Waals surface area contributed by atoms with Gasteiger partial charge in [-0.25, -0.2) is 20.0 Å². The number of aliphatic imine (C=N–C) groups is 4. The van der Waals surface area contributed by atoms with Crippen molar-refractivity contribution in [3.8, 4) is 17.6 Å². The van der Waals surface area contributed by atoms with Gasteiger partial charge in [-0.3, -0.25) is 38.9 Å². The molecular weight excluding hydrogens is 1360 g/mol. The van der Waals surface area contributed by atoms with Crippen LogP contribution in [0.1, 0.15) is 141 Å². The molecule has 8 aromatic heterocycles. The van der Waals surface area contributed by atoms with Gasteiger partial charge < -0.3 is 50.8 Å². The molecule has 1 aliphatic rings. The van der Waals surface area contributed by atoms with Crippen molar-refractivity contribution in [1.29, 1.82) is 0 Å². The van der Waals surface area contributed by atoms with E-state index in [9.17, 15) is 29.7 Å². The Morgan fingerprint density at radius 2 is 0.861 bits per heavy atom. The lowest BCUT2D eigenvalue weighted by Gasteiger charge is -2.08. The Kier molecular flexibility index (Phi) is 24.3. The molecule has 552 valence electrons. The molecule has 0 spiro atoms. The second-order valence-corrected chi connectivity index (χ2v) is 25.3. The zero-order valence-electron chi connectivity index (χ0n) is 58.7. The molecule has 0 saturated heterocycles. The van der Waals surface area contributed by atoms with E-state index in [1.807, 2.05) is 187 Å². The van der Waals surface area contributed by atoms with Crippen molar-refractivity contribution in [3.05, 3.63) is 266 Å². The molecule has 0 aliphatic carbocycles. The molecule has 0 bridgehead atoms. The number of anilines is 3. The van der Waals surface area contributed by atoms with E-state index in [2.05, 4.69) is 92.5 Å². The third-order valence-electron chi connectivity index (χ3n) is 17.4. The Labute approximate surface area is 624 Å². The number of carbonyl (C=O) groups is 3. The van der Waals surface area contributed by atoms with Crippen LogP contribution in [0.15, 0.2) is 196 Å². The number of aromatic hydroxyl groups is 3. The fourth-order valence-corrected chi connectivity index (χ4v) is 12.2. The van der Waals surface area contributed by atoms with Gasteiger partial charge in [0.1, 0.15) is 17.2 Å². The number of fused-ring (bicyclic) bond motifs is 3. The van der Waals surface area contributed by atoms with E-state index in [4.69, 9.17) is 0 Å². The highest BCUT2D eigenvalue weighted by Crippen LogP contribution is 2.32. The number of aromatic amines is 5. The first-order chi connectivity index (χ1) is 50.8. The fraction of sp³-hybridized carbons (Fsp3) is 0.195. The van der Waals surface area contributed by atoms with E-state index in [1.165, 1.54) is 0 Å². The van der Waals surface area contributed by atoms with Gasteiger partial charge in [-0.15, -0.1) is 0 Å². The normalized spacial score (nSPS) is 11.7. The molecule has 26 heteroatoms. The van der Waals surface area contributed by atoms with E-state index < -0.39 is 0 Å². The first-order valence-electron chi connectivity index (χ1n) is 34.0. The molecule has 15 rings (SSSR count). The van der Waals surface area contributed by atoms with Gasteiger partial charge in [-0.1, -0.05) is 83.0 Å². The van der Waals surface area contributed by atoms with Gasteiger partial charge in [-0.2, -0.15) is 20.4 Å². The zero-order valence-corrected chi connectivity index (χ0v) is 58.7. The largest absolute Gasteiger partial charge is 0.494 e. The quantitative estimate of drug-likeness (QED) is 0.0338. The molecule has 1 aliphatic heterocycles. The van der Waals surface area contributed by atoms with Crippen LogP contribution in [-0.2, 0) is 39.4 Å². The number of aromatic nitrogens is 13. The van der Waals surface area contributed by atoms with Crippen LogP contribution in [0, 0.1) is 27.7 Å². The Balaban J connectivity index is 0.000000171. The second-order valence-electron chi connectivity index (χ2n) is 25.3. The number of nitrogens with one attached hydrogen (secondary N) is 8. The van der Waals surface area contributed by atoms with Crippen LogP contribution in [0.2, 0.25) is 0 Å². The van der Waals surface area contributed by atoms with Gasteiger partial charge in [0, 0.05) is 124 Å². The highest BCUT2D eigenvalue weighted by Gasteiger charge is 2.19. The maximum absolute atomic E-state index is 12.7. The number of hydrogen-bond donors (Lipinski definition) is 11. The third-order valence-corrected chi connectivity index (χ3v) is 17.4. The summed E-state index contributed by atoms with van der Waals surface area (Å²) < 4.78 is 5.07. The molecule has 0 unspecified atom stereocenters. The molecule has 0 atom stereocenters. The third kappa shape index (κ3) is 18.2. The van der Waals surface area contributed by atoms with Crippen molar-refractivity contribution in [2.75, 3.05) is 22.5 Å². The Morgan fingerprint density at radius 3 is 1.19 bits per heavy atom. The predicted octanol–water partition coefficient (Wildman–Crippen LogP) is 15.8.